The average Bonchev–Trinajstić information content (AvgIpc) is 2.57. The van der Waals surface area contributed by atoms with Crippen LogP contribution in [0.2, 0.25) is 0 Å². The third-order valence-corrected chi connectivity index (χ3v) is 3.63. The van der Waals surface area contributed by atoms with Crippen molar-refractivity contribution in [3.8, 4) is 5.75 Å². The smallest absolute Gasteiger partial charge is 0.255 e. The first-order chi connectivity index (χ1) is 11.5. The number of ether oxygens (including phenoxy) is 1. The molecule has 0 aromatic heterocycles. The Morgan fingerprint density at radius 2 is 1.88 bits per heavy atom. The Hall–Kier alpha value is -2.37. The lowest BCUT2D eigenvalue weighted by Gasteiger charge is -2.15. The van der Waals surface area contributed by atoms with Crippen LogP contribution in [0.3, 0.4) is 0 Å². The van der Waals surface area contributed by atoms with E-state index in [4.69, 9.17) is 10.5 Å². The minimum Gasteiger partial charge on any atom is -0.490 e. The number of anilines is 1. The lowest BCUT2D eigenvalue weighted by Crippen LogP contribution is -2.20. The quantitative estimate of drug-likeness (QED) is 0.820. The van der Waals surface area contributed by atoms with Gasteiger partial charge in [0.25, 0.3) is 5.91 Å². The van der Waals surface area contributed by atoms with E-state index in [1.165, 1.54) is 0 Å². The van der Waals surface area contributed by atoms with Crippen LogP contribution in [0.4, 0.5) is 5.69 Å². The number of hydrogen-bond acceptors (Lipinski definition) is 4. The minimum atomic E-state index is -0.167. The number of carbonyl (C=O) groups is 1. The summed E-state index contributed by atoms with van der Waals surface area (Å²) in [4.78, 5) is 14.5. The van der Waals surface area contributed by atoms with E-state index < -0.39 is 0 Å². The molecule has 128 valence electrons. The molecule has 2 aromatic rings. The molecule has 0 spiro atoms. The largest absolute Gasteiger partial charge is 0.490 e. The molecule has 0 radical (unpaired) electrons. The molecule has 0 heterocycles. The zero-order valence-corrected chi connectivity index (χ0v) is 14.5. The third kappa shape index (κ3) is 5.08. The lowest BCUT2D eigenvalue weighted by atomic mass is 10.1. The van der Waals surface area contributed by atoms with E-state index in [9.17, 15) is 4.79 Å². The molecule has 1 amide bonds. The van der Waals surface area contributed by atoms with Gasteiger partial charge < -0.3 is 20.7 Å². The van der Waals surface area contributed by atoms with Gasteiger partial charge in [-0.3, -0.25) is 4.79 Å². The number of rotatable bonds is 7. The van der Waals surface area contributed by atoms with Gasteiger partial charge in [0.1, 0.15) is 12.4 Å². The zero-order valence-electron chi connectivity index (χ0n) is 14.5. The van der Waals surface area contributed by atoms with Crippen LogP contribution in [-0.4, -0.2) is 38.1 Å². The molecule has 24 heavy (non-hydrogen) atoms. The zero-order chi connectivity index (χ0) is 17.5. The molecule has 0 saturated heterocycles. The van der Waals surface area contributed by atoms with Gasteiger partial charge in [0.05, 0.1) is 5.69 Å². The van der Waals surface area contributed by atoms with Crippen molar-refractivity contribution in [2.24, 2.45) is 5.73 Å². The molecule has 2 rings (SSSR count). The molecule has 3 N–H and O–H groups in total. The van der Waals surface area contributed by atoms with Gasteiger partial charge in [-0.25, -0.2) is 0 Å². The Bertz CT molecular complexity index is 682. The second-order valence-electron chi connectivity index (χ2n) is 6.01. The number of hydrogen-bond donors (Lipinski definition) is 2. The molecule has 0 bridgehead atoms. The molecular formula is C19H25N3O2. The van der Waals surface area contributed by atoms with Gasteiger partial charge in [0.15, 0.2) is 0 Å². The molecule has 0 aliphatic carbocycles. The fourth-order valence-electron chi connectivity index (χ4n) is 2.18. The van der Waals surface area contributed by atoms with Crippen molar-refractivity contribution >= 4 is 11.6 Å². The van der Waals surface area contributed by atoms with E-state index >= 15 is 0 Å². The number of carbonyl (C=O) groups excluding carboxylic acids is 1. The van der Waals surface area contributed by atoms with Crippen LogP contribution in [0.25, 0.3) is 0 Å². The highest BCUT2D eigenvalue weighted by Crippen LogP contribution is 2.26. The Morgan fingerprint density at radius 3 is 2.50 bits per heavy atom. The monoisotopic (exact) mass is 327 g/mol. The molecule has 0 aliphatic rings. The van der Waals surface area contributed by atoms with Crippen molar-refractivity contribution in [2.75, 3.05) is 32.6 Å². The second kappa shape index (κ2) is 8.47. The molecule has 0 fully saturated rings. The van der Waals surface area contributed by atoms with E-state index in [2.05, 4.69) is 5.32 Å². The number of nitrogens with zero attached hydrogens (tertiary/aromatic N) is 1. The normalized spacial score (nSPS) is 10.7. The van der Waals surface area contributed by atoms with E-state index in [-0.39, 0.29) is 5.91 Å². The summed E-state index contributed by atoms with van der Waals surface area (Å²) in [7, 11) is 3.99. The summed E-state index contributed by atoms with van der Waals surface area (Å²) >= 11 is 0. The number of nitrogens with two attached hydrogens (primary N) is 1. The highest BCUT2D eigenvalue weighted by molar-refractivity contribution is 6.05. The Balaban J connectivity index is 2.10. The molecule has 2 aromatic carbocycles. The summed E-state index contributed by atoms with van der Waals surface area (Å²) < 4.78 is 5.83. The van der Waals surface area contributed by atoms with Crippen LogP contribution < -0.4 is 15.8 Å². The predicted octanol–water partition coefficient (Wildman–Crippen LogP) is 2.65. The summed E-state index contributed by atoms with van der Waals surface area (Å²) in [6, 6.07) is 13.0. The van der Waals surface area contributed by atoms with Crippen LogP contribution in [-0.2, 0) is 6.54 Å². The van der Waals surface area contributed by atoms with Crippen LogP contribution in [0, 0.1) is 6.92 Å². The van der Waals surface area contributed by atoms with Crippen molar-refractivity contribution in [2.45, 2.75) is 13.5 Å². The van der Waals surface area contributed by atoms with Gasteiger partial charge in [-0.05, 0) is 56.4 Å². The van der Waals surface area contributed by atoms with Crippen LogP contribution in [0.15, 0.2) is 42.5 Å². The number of likely N-dealkylation sites (N-methyl/N-ethyl adjacent to an activating group) is 1. The first-order valence-electron chi connectivity index (χ1n) is 7.98. The summed E-state index contributed by atoms with van der Waals surface area (Å²) in [5, 5.41) is 2.92. The van der Waals surface area contributed by atoms with E-state index in [0.717, 1.165) is 17.7 Å². The minimum absolute atomic E-state index is 0.167. The third-order valence-electron chi connectivity index (χ3n) is 3.63. The van der Waals surface area contributed by atoms with Crippen LogP contribution in [0.5, 0.6) is 5.75 Å². The molecule has 0 atom stereocenters. The van der Waals surface area contributed by atoms with Crippen molar-refractivity contribution in [3.63, 3.8) is 0 Å². The standard InChI is InChI=1S/C19H25N3O2/c1-14-4-9-17(18(12-14)24-11-10-22(2)3)21-19(23)16-7-5-15(13-20)6-8-16/h4-9,12H,10-11,13,20H2,1-3H3,(H,21,23). The van der Waals surface area contributed by atoms with Crippen molar-refractivity contribution < 1.29 is 9.53 Å². The maximum absolute atomic E-state index is 12.4. The maximum atomic E-state index is 12.4. The van der Waals surface area contributed by atoms with E-state index in [0.29, 0.717) is 30.2 Å². The summed E-state index contributed by atoms with van der Waals surface area (Å²) in [5.41, 5.74) is 8.92. The first-order valence-corrected chi connectivity index (χ1v) is 7.98. The van der Waals surface area contributed by atoms with Gasteiger partial charge in [0, 0.05) is 18.7 Å². The van der Waals surface area contributed by atoms with Crippen molar-refractivity contribution in [1.82, 2.24) is 4.90 Å². The Morgan fingerprint density at radius 1 is 1.17 bits per heavy atom. The SMILES string of the molecule is Cc1ccc(NC(=O)c2ccc(CN)cc2)c(OCCN(C)C)c1. The fraction of sp³-hybridized carbons (Fsp3) is 0.316. The molecule has 5 heteroatoms. The topological polar surface area (TPSA) is 67.6 Å². The molecule has 0 unspecified atom stereocenters. The molecule has 0 aliphatic heterocycles. The van der Waals surface area contributed by atoms with E-state index in [1.54, 1.807) is 12.1 Å². The Labute approximate surface area is 143 Å². The molecule has 0 saturated carbocycles. The van der Waals surface area contributed by atoms with Crippen LogP contribution >= 0.6 is 0 Å². The fourth-order valence-corrected chi connectivity index (χ4v) is 2.18. The summed E-state index contributed by atoms with van der Waals surface area (Å²) in [6.07, 6.45) is 0. The molecular weight excluding hydrogens is 302 g/mol. The van der Waals surface area contributed by atoms with E-state index in [1.807, 2.05) is 56.3 Å². The summed E-state index contributed by atoms with van der Waals surface area (Å²) in [6.45, 7) is 3.83. The first kappa shape index (κ1) is 18.0. The number of nitrogens with one attached hydrogen (secondary N) is 1. The summed E-state index contributed by atoms with van der Waals surface area (Å²) in [5.74, 6) is 0.517. The highest BCUT2D eigenvalue weighted by Gasteiger charge is 2.10. The van der Waals surface area contributed by atoms with Crippen LogP contribution in [0.1, 0.15) is 21.5 Å². The molecule has 5 nitrogen and oxygen atoms in total. The number of aryl methyl sites for hydroxylation is 1. The van der Waals surface area contributed by atoms with Crippen molar-refractivity contribution in [1.29, 1.82) is 0 Å². The highest BCUT2D eigenvalue weighted by atomic mass is 16.5. The van der Waals surface area contributed by atoms with Gasteiger partial charge in [0.2, 0.25) is 0 Å². The number of amides is 1. The van der Waals surface area contributed by atoms with Gasteiger partial charge in [-0.2, -0.15) is 0 Å². The lowest BCUT2D eigenvalue weighted by molar-refractivity contribution is 0.102. The Kier molecular flexibility index (Phi) is 6.35. The van der Waals surface area contributed by atoms with Gasteiger partial charge in [-0.1, -0.05) is 18.2 Å². The second-order valence-corrected chi connectivity index (χ2v) is 6.01. The van der Waals surface area contributed by atoms with Crippen molar-refractivity contribution in [3.05, 3.63) is 59.2 Å². The maximum Gasteiger partial charge on any atom is 0.255 e. The van der Waals surface area contributed by atoms with Gasteiger partial charge >= 0.3 is 0 Å². The number of benzene rings is 2. The predicted molar refractivity (Wildman–Crippen MR) is 97.5 cm³/mol. The average molecular weight is 327 g/mol. The van der Waals surface area contributed by atoms with Gasteiger partial charge in [-0.15, -0.1) is 0 Å².